The second-order valence-corrected chi connectivity index (χ2v) is 11.1. The Labute approximate surface area is 245 Å². The van der Waals surface area contributed by atoms with E-state index in [9.17, 15) is 14.4 Å². The molecule has 0 fully saturated rings. The minimum absolute atomic E-state index is 0.00677. The quantitative estimate of drug-likeness (QED) is 0.292. The van der Waals surface area contributed by atoms with Crippen LogP contribution < -0.4 is 15.8 Å². The molecule has 0 aliphatic rings. The van der Waals surface area contributed by atoms with E-state index >= 15 is 0 Å². The summed E-state index contributed by atoms with van der Waals surface area (Å²) >= 11 is 7.14. The number of benzene rings is 1. The number of unbranched alkanes of at least 4 members (excludes halogenated alkanes) is 1. The first kappa shape index (κ1) is 33.2. The Morgan fingerprint density at radius 2 is 1.93 bits per heavy atom. The molecule has 3 aromatic rings. The number of aliphatic hydroxyl groups is 1. The van der Waals surface area contributed by atoms with Crippen LogP contribution in [0.5, 0.6) is 0 Å². The molecular formula is C30H40ClN3O5S. The summed E-state index contributed by atoms with van der Waals surface area (Å²) in [5.74, 6) is -0.309. The SMILES string of the molecule is CCCCO.CCc1cccn(-c2ccc(N(CC(C)CNC(=O)c3ccc(Cl)s3)C(C)=O)cc2COC)c1=O. The Morgan fingerprint density at radius 1 is 1.18 bits per heavy atom. The summed E-state index contributed by atoms with van der Waals surface area (Å²) in [5, 5.41) is 11.0. The predicted octanol–water partition coefficient (Wildman–Crippen LogP) is 5.46. The van der Waals surface area contributed by atoms with Gasteiger partial charge in [0.05, 0.1) is 21.5 Å². The molecule has 0 bridgehead atoms. The summed E-state index contributed by atoms with van der Waals surface area (Å²) < 4.78 is 7.57. The number of carbonyl (C=O) groups excluding carboxylic acids is 2. The molecule has 2 amide bonds. The van der Waals surface area contributed by atoms with Crippen molar-refractivity contribution in [2.75, 3.05) is 31.7 Å². The van der Waals surface area contributed by atoms with Crippen molar-refractivity contribution < 1.29 is 19.4 Å². The largest absolute Gasteiger partial charge is 0.396 e. The molecule has 0 radical (unpaired) electrons. The van der Waals surface area contributed by atoms with Crippen molar-refractivity contribution in [3.8, 4) is 5.69 Å². The second kappa shape index (κ2) is 17.0. The molecule has 218 valence electrons. The number of aromatic nitrogens is 1. The Morgan fingerprint density at radius 3 is 2.48 bits per heavy atom. The van der Waals surface area contributed by atoms with E-state index < -0.39 is 0 Å². The van der Waals surface area contributed by atoms with Crippen LogP contribution in [0.2, 0.25) is 4.34 Å². The highest BCUT2D eigenvalue weighted by Crippen LogP contribution is 2.24. The number of carbonyl (C=O) groups is 2. The first-order valence-electron chi connectivity index (χ1n) is 13.4. The molecule has 2 N–H and O–H groups in total. The van der Waals surface area contributed by atoms with E-state index in [0.717, 1.165) is 24.0 Å². The maximum absolute atomic E-state index is 12.9. The molecule has 0 saturated heterocycles. The standard InChI is InChI=1S/C26H30ClN3O4S.C4H10O/c1-5-19-7-6-12-29(26(19)33)22-9-8-21(13-20(22)16-34-4)30(18(3)31)15-17(2)14-28-25(32)23-10-11-24(27)35-23;1-2-3-4-5/h6-13,17H,5,14-16H2,1-4H3,(H,28,32);5H,2-4H2,1H3. The number of ether oxygens (including phenoxy) is 1. The van der Waals surface area contributed by atoms with Crippen LogP contribution in [-0.2, 0) is 22.6 Å². The van der Waals surface area contributed by atoms with Crippen LogP contribution in [-0.4, -0.2) is 48.3 Å². The Kier molecular flexibility index (Phi) is 14.1. The van der Waals surface area contributed by atoms with E-state index in [1.807, 2.05) is 44.2 Å². The van der Waals surface area contributed by atoms with Gasteiger partial charge in [0.15, 0.2) is 0 Å². The molecule has 3 rings (SSSR count). The molecule has 0 aliphatic carbocycles. The zero-order chi connectivity index (χ0) is 29.7. The van der Waals surface area contributed by atoms with Crippen molar-refractivity contribution in [3.63, 3.8) is 0 Å². The van der Waals surface area contributed by atoms with Gasteiger partial charge in [-0.3, -0.25) is 19.0 Å². The zero-order valence-corrected chi connectivity index (χ0v) is 25.5. The molecule has 10 heteroatoms. The second-order valence-electron chi connectivity index (χ2n) is 9.43. The van der Waals surface area contributed by atoms with Crippen LogP contribution in [0.25, 0.3) is 5.69 Å². The maximum atomic E-state index is 12.9. The Hall–Kier alpha value is -2.98. The smallest absolute Gasteiger partial charge is 0.261 e. The lowest BCUT2D eigenvalue weighted by Crippen LogP contribution is -2.38. The number of amides is 2. The molecule has 0 aliphatic heterocycles. The molecule has 2 aromatic heterocycles. The minimum atomic E-state index is -0.186. The van der Waals surface area contributed by atoms with Crippen LogP contribution in [0.1, 0.15) is 61.3 Å². The van der Waals surface area contributed by atoms with Gasteiger partial charge in [-0.2, -0.15) is 0 Å². The highest BCUT2D eigenvalue weighted by atomic mass is 35.5. The van der Waals surface area contributed by atoms with Gasteiger partial charge in [-0.1, -0.05) is 44.9 Å². The number of pyridine rings is 1. The fourth-order valence-corrected chi connectivity index (χ4v) is 4.94. The van der Waals surface area contributed by atoms with Gasteiger partial charge in [-0.05, 0) is 55.2 Å². The summed E-state index contributed by atoms with van der Waals surface area (Å²) in [4.78, 5) is 40.0. The van der Waals surface area contributed by atoms with Gasteiger partial charge in [0.1, 0.15) is 0 Å². The number of anilines is 1. The average Bonchev–Trinajstić information content (AvgIpc) is 3.38. The predicted molar refractivity (Wildman–Crippen MR) is 163 cm³/mol. The third-order valence-electron chi connectivity index (χ3n) is 6.14. The fourth-order valence-electron chi connectivity index (χ4n) is 3.98. The number of halogens is 1. The van der Waals surface area contributed by atoms with Crippen LogP contribution in [0.15, 0.2) is 53.5 Å². The number of rotatable bonds is 12. The topological polar surface area (TPSA) is 101 Å². The third-order valence-corrected chi connectivity index (χ3v) is 7.37. The number of thiophene rings is 1. The highest BCUT2D eigenvalue weighted by Gasteiger charge is 2.19. The van der Waals surface area contributed by atoms with Crippen molar-refractivity contribution in [3.05, 3.63) is 79.4 Å². The fraction of sp³-hybridized carbons (Fsp3) is 0.433. The van der Waals surface area contributed by atoms with Crippen LogP contribution >= 0.6 is 22.9 Å². The molecule has 8 nitrogen and oxygen atoms in total. The van der Waals surface area contributed by atoms with Crippen molar-refractivity contribution in [1.82, 2.24) is 9.88 Å². The minimum Gasteiger partial charge on any atom is -0.396 e. The molecule has 2 heterocycles. The van der Waals surface area contributed by atoms with E-state index in [-0.39, 0.29) is 29.9 Å². The summed E-state index contributed by atoms with van der Waals surface area (Å²) in [6, 6.07) is 12.6. The first-order valence-corrected chi connectivity index (χ1v) is 14.6. The Balaban J connectivity index is 0.00000103. The summed E-state index contributed by atoms with van der Waals surface area (Å²) in [7, 11) is 1.59. The molecule has 40 heavy (non-hydrogen) atoms. The molecule has 1 aromatic carbocycles. The monoisotopic (exact) mass is 589 g/mol. The van der Waals surface area contributed by atoms with Gasteiger partial charge >= 0.3 is 0 Å². The zero-order valence-electron chi connectivity index (χ0n) is 23.9. The van der Waals surface area contributed by atoms with E-state index in [4.69, 9.17) is 21.4 Å². The molecule has 0 saturated carbocycles. The normalized spacial score (nSPS) is 11.4. The molecule has 0 spiro atoms. The van der Waals surface area contributed by atoms with Gasteiger partial charge in [0.25, 0.3) is 11.5 Å². The van der Waals surface area contributed by atoms with Gasteiger partial charge in [0.2, 0.25) is 5.91 Å². The highest BCUT2D eigenvalue weighted by molar-refractivity contribution is 7.18. The lowest BCUT2D eigenvalue weighted by molar-refractivity contribution is -0.116. The number of hydrogen-bond donors (Lipinski definition) is 2. The summed E-state index contributed by atoms with van der Waals surface area (Å²) in [5.41, 5.74) is 2.87. The maximum Gasteiger partial charge on any atom is 0.261 e. The van der Waals surface area contributed by atoms with Crippen molar-refractivity contribution in [2.24, 2.45) is 5.92 Å². The van der Waals surface area contributed by atoms with Crippen molar-refractivity contribution in [1.29, 1.82) is 0 Å². The van der Waals surface area contributed by atoms with Crippen LogP contribution in [0, 0.1) is 5.92 Å². The molecule has 1 atom stereocenters. The van der Waals surface area contributed by atoms with E-state index in [1.165, 1.54) is 18.3 Å². The van der Waals surface area contributed by atoms with Crippen molar-refractivity contribution in [2.45, 2.75) is 53.6 Å². The van der Waals surface area contributed by atoms with Gasteiger partial charge < -0.3 is 20.1 Å². The number of aliphatic hydroxyl groups excluding tert-OH is 1. The molecular weight excluding hydrogens is 550 g/mol. The molecule has 1 unspecified atom stereocenters. The van der Waals surface area contributed by atoms with E-state index in [2.05, 4.69) is 12.2 Å². The summed E-state index contributed by atoms with van der Waals surface area (Å²) in [6.45, 7) is 8.93. The number of methoxy groups -OCH3 is 1. The van der Waals surface area contributed by atoms with E-state index in [0.29, 0.717) is 46.7 Å². The number of nitrogens with one attached hydrogen (secondary N) is 1. The number of hydrogen-bond acceptors (Lipinski definition) is 6. The van der Waals surface area contributed by atoms with Gasteiger partial charge in [0, 0.05) is 56.7 Å². The lowest BCUT2D eigenvalue weighted by Gasteiger charge is -2.26. The summed E-state index contributed by atoms with van der Waals surface area (Å²) in [6.07, 6.45) is 4.42. The van der Waals surface area contributed by atoms with Crippen molar-refractivity contribution >= 4 is 40.4 Å². The lowest BCUT2D eigenvalue weighted by atomic mass is 10.1. The Bertz CT molecular complexity index is 1300. The van der Waals surface area contributed by atoms with Gasteiger partial charge in [-0.15, -0.1) is 11.3 Å². The van der Waals surface area contributed by atoms with Crippen LogP contribution in [0.3, 0.4) is 0 Å². The average molecular weight is 590 g/mol. The number of aryl methyl sites for hydroxylation is 1. The van der Waals surface area contributed by atoms with Crippen LogP contribution in [0.4, 0.5) is 5.69 Å². The van der Waals surface area contributed by atoms with Gasteiger partial charge in [-0.25, -0.2) is 0 Å². The third kappa shape index (κ3) is 9.59. The first-order chi connectivity index (χ1) is 19.2. The van der Waals surface area contributed by atoms with E-state index in [1.54, 1.807) is 34.9 Å². The number of nitrogens with zero attached hydrogens (tertiary/aromatic N) is 2.